The number of sulfonamides is 1. The highest BCUT2D eigenvalue weighted by atomic mass is 35.5. The van der Waals surface area contributed by atoms with Gasteiger partial charge in [-0.25, -0.2) is 8.42 Å². The van der Waals surface area contributed by atoms with Crippen molar-refractivity contribution in [3.63, 3.8) is 0 Å². The van der Waals surface area contributed by atoms with E-state index in [1.54, 1.807) is 35.7 Å². The second kappa shape index (κ2) is 8.73. The maximum atomic E-state index is 13.0. The van der Waals surface area contributed by atoms with E-state index in [-0.39, 0.29) is 11.9 Å². The van der Waals surface area contributed by atoms with Crippen LogP contribution in [0.5, 0.6) is 0 Å². The van der Waals surface area contributed by atoms with Crippen LogP contribution in [0.25, 0.3) is 0 Å². The molecule has 0 atom stereocenters. The van der Waals surface area contributed by atoms with E-state index >= 15 is 0 Å². The van der Waals surface area contributed by atoms with Gasteiger partial charge < -0.3 is 4.74 Å². The zero-order chi connectivity index (χ0) is 15.9. The lowest BCUT2D eigenvalue weighted by molar-refractivity contribution is 0.163. The summed E-state index contributed by atoms with van der Waals surface area (Å²) in [5.41, 5.74) is 0.632. The third kappa shape index (κ3) is 4.42. The summed E-state index contributed by atoms with van der Waals surface area (Å²) in [5, 5.41) is 0. The van der Waals surface area contributed by atoms with Gasteiger partial charge in [-0.1, -0.05) is 32.0 Å². The smallest absolute Gasteiger partial charge is 0.243 e. The van der Waals surface area contributed by atoms with Crippen molar-refractivity contribution < 1.29 is 13.2 Å². The predicted molar refractivity (Wildman–Crippen MR) is 86.1 cm³/mol. The topological polar surface area (TPSA) is 46.6 Å². The summed E-state index contributed by atoms with van der Waals surface area (Å²) < 4.78 is 32.6. The highest BCUT2D eigenvalue weighted by Crippen LogP contribution is 2.25. The van der Waals surface area contributed by atoms with Crippen LogP contribution >= 0.6 is 11.6 Å². The van der Waals surface area contributed by atoms with Crippen molar-refractivity contribution in [1.82, 2.24) is 4.31 Å². The molecule has 0 fully saturated rings. The van der Waals surface area contributed by atoms with Crippen LogP contribution in [0.15, 0.2) is 29.2 Å². The van der Waals surface area contributed by atoms with Crippen molar-refractivity contribution >= 4 is 21.6 Å². The predicted octanol–water partition coefficient (Wildman–Crippen LogP) is 3.25. The molecular weight excluding hydrogens is 310 g/mol. The molecule has 1 rings (SSSR count). The van der Waals surface area contributed by atoms with Gasteiger partial charge >= 0.3 is 0 Å². The average molecular weight is 334 g/mol. The molecule has 0 heterocycles. The van der Waals surface area contributed by atoms with E-state index in [9.17, 15) is 8.42 Å². The van der Waals surface area contributed by atoms with Crippen molar-refractivity contribution in [3.05, 3.63) is 29.8 Å². The van der Waals surface area contributed by atoms with E-state index in [0.29, 0.717) is 23.6 Å². The summed E-state index contributed by atoms with van der Waals surface area (Å²) in [7, 11) is -2.00. The van der Waals surface area contributed by atoms with Crippen molar-refractivity contribution in [3.8, 4) is 0 Å². The normalized spacial score (nSPS) is 12.3. The number of methoxy groups -OCH3 is 1. The van der Waals surface area contributed by atoms with E-state index in [4.69, 9.17) is 16.3 Å². The molecule has 0 unspecified atom stereocenters. The maximum absolute atomic E-state index is 13.0. The van der Waals surface area contributed by atoms with Crippen molar-refractivity contribution in [2.24, 2.45) is 0 Å². The zero-order valence-electron chi connectivity index (χ0n) is 12.9. The van der Waals surface area contributed by atoms with Gasteiger partial charge in [0.25, 0.3) is 0 Å². The lowest BCUT2D eigenvalue weighted by Gasteiger charge is -2.30. The number of benzene rings is 1. The molecule has 1 aromatic carbocycles. The number of nitrogens with zero attached hydrogens (tertiary/aromatic N) is 1. The third-order valence-electron chi connectivity index (χ3n) is 3.57. The molecule has 120 valence electrons. The van der Waals surface area contributed by atoms with Crippen LogP contribution in [-0.2, 0) is 20.6 Å². The van der Waals surface area contributed by atoms with E-state index in [1.165, 1.54) is 0 Å². The highest BCUT2D eigenvalue weighted by Gasteiger charge is 2.30. The SMILES string of the molecule is CCC(CC)N(CCOC)S(=O)(=O)c1ccccc1CCl. The molecule has 0 radical (unpaired) electrons. The number of hydrogen-bond donors (Lipinski definition) is 0. The molecule has 4 nitrogen and oxygen atoms in total. The summed E-state index contributed by atoms with van der Waals surface area (Å²) in [5.74, 6) is 0.177. The molecule has 0 aliphatic heterocycles. The molecule has 0 amide bonds. The molecule has 0 saturated heterocycles. The van der Waals surface area contributed by atoms with Gasteiger partial charge in [0, 0.05) is 25.6 Å². The first-order valence-corrected chi connectivity index (χ1v) is 9.14. The van der Waals surface area contributed by atoms with Gasteiger partial charge in [0.15, 0.2) is 0 Å². The van der Waals surface area contributed by atoms with Crippen molar-refractivity contribution in [1.29, 1.82) is 0 Å². The van der Waals surface area contributed by atoms with Gasteiger partial charge in [-0.3, -0.25) is 0 Å². The Kier molecular flexibility index (Phi) is 7.66. The Hall–Kier alpha value is -0.620. The number of halogens is 1. The van der Waals surface area contributed by atoms with E-state index in [0.717, 1.165) is 12.8 Å². The van der Waals surface area contributed by atoms with Crippen molar-refractivity contribution in [2.75, 3.05) is 20.3 Å². The molecule has 0 saturated carbocycles. The fraction of sp³-hybridized carbons (Fsp3) is 0.600. The van der Waals surface area contributed by atoms with Crippen LogP contribution in [0.3, 0.4) is 0 Å². The average Bonchev–Trinajstić information content (AvgIpc) is 2.51. The number of hydrogen-bond acceptors (Lipinski definition) is 3. The number of alkyl halides is 1. The first-order chi connectivity index (χ1) is 10.0. The van der Waals surface area contributed by atoms with E-state index in [2.05, 4.69) is 0 Å². The Bertz CT molecular complexity index is 529. The molecular formula is C15H24ClNO3S. The van der Waals surface area contributed by atoms with Crippen LogP contribution in [0.4, 0.5) is 0 Å². The van der Waals surface area contributed by atoms with Crippen LogP contribution in [0.2, 0.25) is 0 Å². The summed E-state index contributed by atoms with van der Waals surface area (Å²) in [6.07, 6.45) is 1.53. The molecule has 1 aromatic rings. The minimum Gasteiger partial charge on any atom is -0.383 e. The Balaban J connectivity index is 3.25. The monoisotopic (exact) mass is 333 g/mol. The molecule has 0 spiro atoms. The summed E-state index contributed by atoms with van der Waals surface area (Å²) in [6.45, 7) is 4.72. The summed E-state index contributed by atoms with van der Waals surface area (Å²) in [6, 6.07) is 6.86. The molecule has 0 aliphatic rings. The largest absolute Gasteiger partial charge is 0.383 e. The van der Waals surface area contributed by atoms with Gasteiger partial charge in [-0.05, 0) is 24.5 Å². The van der Waals surface area contributed by atoms with Gasteiger partial charge in [0.05, 0.1) is 11.5 Å². The lowest BCUT2D eigenvalue weighted by Crippen LogP contribution is -2.42. The lowest BCUT2D eigenvalue weighted by atomic mass is 10.2. The molecule has 6 heteroatoms. The van der Waals surface area contributed by atoms with Crippen LogP contribution < -0.4 is 0 Å². The third-order valence-corrected chi connectivity index (χ3v) is 5.91. The molecule has 21 heavy (non-hydrogen) atoms. The summed E-state index contributed by atoms with van der Waals surface area (Å²) >= 11 is 5.89. The van der Waals surface area contributed by atoms with Gasteiger partial charge in [-0.2, -0.15) is 4.31 Å². The van der Waals surface area contributed by atoms with Crippen LogP contribution in [0.1, 0.15) is 32.3 Å². The van der Waals surface area contributed by atoms with Crippen LogP contribution in [0, 0.1) is 0 Å². The first-order valence-electron chi connectivity index (χ1n) is 7.17. The molecule has 0 N–H and O–H groups in total. The quantitative estimate of drug-likeness (QED) is 0.652. The van der Waals surface area contributed by atoms with E-state index in [1.807, 2.05) is 13.8 Å². The minimum absolute atomic E-state index is 0.0338. The molecule has 0 aromatic heterocycles. The number of ether oxygens (including phenoxy) is 1. The Morgan fingerprint density at radius 2 is 1.86 bits per heavy atom. The fourth-order valence-corrected chi connectivity index (χ4v) is 4.66. The highest BCUT2D eigenvalue weighted by molar-refractivity contribution is 7.89. The van der Waals surface area contributed by atoms with Crippen molar-refractivity contribution in [2.45, 2.75) is 43.5 Å². The minimum atomic E-state index is -3.57. The summed E-state index contributed by atoms with van der Waals surface area (Å²) in [4.78, 5) is 0.294. The number of rotatable bonds is 9. The Labute approximate surface area is 133 Å². The Morgan fingerprint density at radius 1 is 1.24 bits per heavy atom. The zero-order valence-corrected chi connectivity index (χ0v) is 14.5. The van der Waals surface area contributed by atoms with Crippen LogP contribution in [-0.4, -0.2) is 39.0 Å². The molecule has 0 aliphatic carbocycles. The maximum Gasteiger partial charge on any atom is 0.243 e. The first kappa shape index (κ1) is 18.4. The second-order valence-corrected chi connectivity index (χ2v) is 6.95. The van der Waals surface area contributed by atoms with Gasteiger partial charge in [0.1, 0.15) is 0 Å². The molecule has 0 bridgehead atoms. The Morgan fingerprint density at radius 3 is 2.38 bits per heavy atom. The van der Waals surface area contributed by atoms with Gasteiger partial charge in [0.2, 0.25) is 10.0 Å². The van der Waals surface area contributed by atoms with Gasteiger partial charge in [-0.15, -0.1) is 11.6 Å². The standard InChI is InChI=1S/C15H24ClNO3S/c1-4-14(5-2)17(10-11-20-3)21(18,19)15-9-7-6-8-13(15)12-16/h6-9,14H,4-5,10-12H2,1-3H3. The van der Waals surface area contributed by atoms with E-state index < -0.39 is 10.0 Å². The second-order valence-electron chi connectivity index (χ2n) is 4.82. The fourth-order valence-electron chi connectivity index (χ4n) is 2.37.